The maximum atomic E-state index is 12.4. The first-order valence-corrected chi connectivity index (χ1v) is 10.6. The van der Waals surface area contributed by atoms with Crippen LogP contribution in [0.3, 0.4) is 0 Å². The largest absolute Gasteiger partial charge is 0.340 e. The Morgan fingerprint density at radius 2 is 1.83 bits per heavy atom. The maximum absolute atomic E-state index is 12.4. The maximum Gasteiger partial charge on any atom is 0.227 e. The Kier molecular flexibility index (Phi) is 5.39. The summed E-state index contributed by atoms with van der Waals surface area (Å²) >= 11 is 11.9. The molecule has 1 aromatic rings. The summed E-state index contributed by atoms with van der Waals surface area (Å²) in [6.45, 7) is 2.73. The van der Waals surface area contributed by atoms with Gasteiger partial charge in [0.1, 0.15) is 0 Å². The van der Waals surface area contributed by atoms with Crippen molar-refractivity contribution in [2.24, 2.45) is 0 Å². The fourth-order valence-electron chi connectivity index (χ4n) is 3.34. The van der Waals surface area contributed by atoms with Crippen molar-refractivity contribution in [1.82, 2.24) is 9.80 Å². The van der Waals surface area contributed by atoms with Gasteiger partial charge in [-0.25, -0.2) is 8.42 Å². The van der Waals surface area contributed by atoms with Crippen LogP contribution in [-0.2, 0) is 21.1 Å². The van der Waals surface area contributed by atoms with E-state index in [9.17, 15) is 13.2 Å². The first-order valence-electron chi connectivity index (χ1n) is 8.00. The minimum Gasteiger partial charge on any atom is -0.340 e. The molecule has 132 valence electrons. The van der Waals surface area contributed by atoms with E-state index in [2.05, 4.69) is 4.90 Å². The highest BCUT2D eigenvalue weighted by atomic mass is 35.5. The van der Waals surface area contributed by atoms with Crippen molar-refractivity contribution in [3.8, 4) is 0 Å². The van der Waals surface area contributed by atoms with Gasteiger partial charge >= 0.3 is 0 Å². The molecular formula is C16H20Cl2N2O3S. The van der Waals surface area contributed by atoms with Gasteiger partial charge in [-0.2, -0.15) is 0 Å². The highest BCUT2D eigenvalue weighted by Gasteiger charge is 2.34. The summed E-state index contributed by atoms with van der Waals surface area (Å²) in [6, 6.07) is 5.35. The van der Waals surface area contributed by atoms with Gasteiger partial charge in [0, 0.05) is 32.2 Å². The van der Waals surface area contributed by atoms with Crippen molar-refractivity contribution in [3.63, 3.8) is 0 Å². The molecule has 8 heteroatoms. The van der Waals surface area contributed by atoms with Gasteiger partial charge in [0.25, 0.3) is 0 Å². The number of halogens is 2. The van der Waals surface area contributed by atoms with Crippen molar-refractivity contribution < 1.29 is 13.2 Å². The SMILES string of the molecule is O=C(Cc1ccc(Cl)c(Cl)c1)N1CCN([C@@H]2CCS(=O)(=O)C2)CC1. The molecule has 2 aliphatic heterocycles. The van der Waals surface area contributed by atoms with Crippen LogP contribution in [0.1, 0.15) is 12.0 Å². The molecule has 0 unspecified atom stereocenters. The van der Waals surface area contributed by atoms with E-state index in [4.69, 9.17) is 23.2 Å². The summed E-state index contributed by atoms with van der Waals surface area (Å²) in [5.74, 6) is 0.602. The average Bonchev–Trinajstić information content (AvgIpc) is 2.91. The van der Waals surface area contributed by atoms with Crippen LogP contribution >= 0.6 is 23.2 Å². The van der Waals surface area contributed by atoms with Gasteiger partial charge in [0.15, 0.2) is 9.84 Å². The second kappa shape index (κ2) is 7.20. The first-order chi connectivity index (χ1) is 11.3. The van der Waals surface area contributed by atoms with Crippen molar-refractivity contribution >= 4 is 38.9 Å². The molecule has 3 rings (SSSR count). The van der Waals surface area contributed by atoms with Crippen LogP contribution < -0.4 is 0 Å². The van der Waals surface area contributed by atoms with Crippen LogP contribution in [-0.4, -0.2) is 67.9 Å². The van der Waals surface area contributed by atoms with Gasteiger partial charge in [-0.15, -0.1) is 0 Å². The Hall–Kier alpha value is -0.820. The second-order valence-corrected chi connectivity index (χ2v) is 9.44. The predicted octanol–water partition coefficient (Wildman–Crippen LogP) is 1.87. The van der Waals surface area contributed by atoms with Crippen molar-refractivity contribution in [2.45, 2.75) is 18.9 Å². The molecule has 0 radical (unpaired) electrons. The molecule has 0 N–H and O–H groups in total. The Bertz CT molecular complexity index is 731. The quantitative estimate of drug-likeness (QED) is 0.790. The summed E-state index contributed by atoms with van der Waals surface area (Å²) in [6.07, 6.45) is 1.01. The third-order valence-corrected chi connectivity index (χ3v) is 7.22. The van der Waals surface area contributed by atoms with E-state index >= 15 is 0 Å². The molecule has 0 bridgehead atoms. The molecule has 0 aromatic heterocycles. The fourth-order valence-corrected chi connectivity index (χ4v) is 5.42. The molecule has 1 atom stereocenters. The average molecular weight is 391 g/mol. The molecule has 1 amide bonds. The van der Waals surface area contributed by atoms with E-state index in [1.165, 1.54) is 0 Å². The Morgan fingerprint density at radius 3 is 2.42 bits per heavy atom. The van der Waals surface area contributed by atoms with Gasteiger partial charge in [-0.3, -0.25) is 9.69 Å². The normalized spacial score (nSPS) is 24.2. The zero-order valence-corrected chi connectivity index (χ0v) is 15.6. The fraction of sp³-hybridized carbons (Fsp3) is 0.562. The smallest absolute Gasteiger partial charge is 0.227 e. The van der Waals surface area contributed by atoms with Crippen LogP contribution in [0.15, 0.2) is 18.2 Å². The van der Waals surface area contributed by atoms with E-state index in [0.717, 1.165) is 18.7 Å². The highest BCUT2D eigenvalue weighted by molar-refractivity contribution is 7.91. The van der Waals surface area contributed by atoms with E-state index in [0.29, 0.717) is 36.0 Å². The lowest BCUT2D eigenvalue weighted by Gasteiger charge is -2.37. The molecule has 0 spiro atoms. The molecule has 1 aromatic carbocycles. The zero-order valence-electron chi connectivity index (χ0n) is 13.2. The Morgan fingerprint density at radius 1 is 1.12 bits per heavy atom. The van der Waals surface area contributed by atoms with Gasteiger partial charge in [-0.05, 0) is 24.1 Å². The zero-order chi connectivity index (χ0) is 17.3. The predicted molar refractivity (Wildman–Crippen MR) is 95.4 cm³/mol. The van der Waals surface area contributed by atoms with Crippen LogP contribution in [0.4, 0.5) is 0 Å². The van der Waals surface area contributed by atoms with Crippen LogP contribution in [0.2, 0.25) is 10.0 Å². The third-order valence-electron chi connectivity index (χ3n) is 4.73. The monoisotopic (exact) mass is 390 g/mol. The van der Waals surface area contributed by atoms with E-state index in [1.54, 1.807) is 12.1 Å². The van der Waals surface area contributed by atoms with Crippen LogP contribution in [0.5, 0.6) is 0 Å². The number of piperazine rings is 1. The minimum atomic E-state index is -2.87. The molecule has 2 saturated heterocycles. The molecule has 2 fully saturated rings. The molecule has 5 nitrogen and oxygen atoms in total. The summed E-state index contributed by atoms with van der Waals surface area (Å²) in [7, 11) is -2.87. The standard InChI is InChI=1S/C16H20Cl2N2O3S/c17-14-2-1-12(9-15(14)18)10-16(21)20-6-4-19(5-7-20)13-3-8-24(22,23)11-13/h1-2,9,13H,3-8,10-11H2/t13-/m1/s1. The topological polar surface area (TPSA) is 57.7 Å². The van der Waals surface area contributed by atoms with Gasteiger partial charge in [-0.1, -0.05) is 29.3 Å². The Labute approximate surface area is 152 Å². The molecule has 0 saturated carbocycles. The number of amides is 1. The molecular weight excluding hydrogens is 371 g/mol. The number of carbonyl (C=O) groups is 1. The van der Waals surface area contributed by atoms with E-state index in [-0.39, 0.29) is 23.5 Å². The summed E-state index contributed by atoms with van der Waals surface area (Å²) in [4.78, 5) is 16.5. The first kappa shape index (κ1) is 18.0. The Balaban J connectivity index is 1.52. The van der Waals surface area contributed by atoms with Gasteiger partial charge in [0.2, 0.25) is 5.91 Å². The van der Waals surface area contributed by atoms with Crippen LogP contribution in [0, 0.1) is 0 Å². The number of nitrogens with zero attached hydrogens (tertiary/aromatic N) is 2. The van der Waals surface area contributed by atoms with Crippen molar-refractivity contribution in [2.75, 3.05) is 37.7 Å². The summed E-state index contributed by atoms with van der Waals surface area (Å²) < 4.78 is 23.2. The van der Waals surface area contributed by atoms with Gasteiger partial charge in [0.05, 0.1) is 28.0 Å². The van der Waals surface area contributed by atoms with E-state index < -0.39 is 9.84 Å². The lowest BCUT2D eigenvalue weighted by atomic mass is 10.1. The second-order valence-electron chi connectivity index (χ2n) is 6.40. The third kappa shape index (κ3) is 4.23. The molecule has 2 aliphatic rings. The number of hydrogen-bond donors (Lipinski definition) is 0. The number of carbonyl (C=O) groups excluding carboxylic acids is 1. The van der Waals surface area contributed by atoms with Gasteiger partial charge < -0.3 is 4.90 Å². The highest BCUT2D eigenvalue weighted by Crippen LogP contribution is 2.23. The number of benzene rings is 1. The summed E-state index contributed by atoms with van der Waals surface area (Å²) in [5.41, 5.74) is 0.846. The van der Waals surface area contributed by atoms with Crippen molar-refractivity contribution in [3.05, 3.63) is 33.8 Å². The number of sulfone groups is 1. The van der Waals surface area contributed by atoms with Crippen LogP contribution in [0.25, 0.3) is 0 Å². The van der Waals surface area contributed by atoms with E-state index in [1.807, 2.05) is 11.0 Å². The molecule has 2 heterocycles. The lowest BCUT2D eigenvalue weighted by molar-refractivity contribution is -0.132. The lowest BCUT2D eigenvalue weighted by Crippen LogP contribution is -2.52. The summed E-state index contributed by atoms with van der Waals surface area (Å²) in [5, 5.41) is 0.933. The number of rotatable bonds is 3. The molecule has 24 heavy (non-hydrogen) atoms. The minimum absolute atomic E-state index is 0.0621. The van der Waals surface area contributed by atoms with Crippen molar-refractivity contribution in [1.29, 1.82) is 0 Å². The molecule has 0 aliphatic carbocycles. The number of hydrogen-bond acceptors (Lipinski definition) is 4.